The molecule has 0 aliphatic heterocycles. The number of alkyl halides is 2. The first kappa shape index (κ1) is 15.3. The van der Waals surface area contributed by atoms with Crippen molar-refractivity contribution < 1.29 is 27.1 Å². The van der Waals surface area contributed by atoms with Crippen molar-refractivity contribution in [3.8, 4) is 11.5 Å². The second-order valence-corrected chi connectivity index (χ2v) is 5.06. The highest BCUT2D eigenvalue weighted by molar-refractivity contribution is 5.94. The van der Waals surface area contributed by atoms with Crippen LogP contribution in [0.25, 0.3) is 0 Å². The molecular formula is C15H10F4N2O2. The Kier molecular flexibility index (Phi) is 3.67. The molecule has 3 rings (SSSR count). The zero-order chi connectivity index (χ0) is 16.6. The maximum absolute atomic E-state index is 13.1. The van der Waals surface area contributed by atoms with Crippen LogP contribution in [-0.2, 0) is 4.79 Å². The molecule has 1 saturated carbocycles. The molecule has 1 aromatic carbocycles. The number of nitrogens with zero attached hydrogens (tertiary/aromatic N) is 1. The Balaban J connectivity index is 1.63. The molecule has 1 aromatic heterocycles. The van der Waals surface area contributed by atoms with Crippen LogP contribution in [0.5, 0.6) is 11.5 Å². The van der Waals surface area contributed by atoms with Crippen molar-refractivity contribution in [3.63, 3.8) is 0 Å². The number of hydrogen-bond acceptors (Lipinski definition) is 3. The Bertz CT molecular complexity index is 750. The highest BCUT2D eigenvalue weighted by atomic mass is 19.3. The molecule has 1 heterocycles. The number of pyridine rings is 1. The summed E-state index contributed by atoms with van der Waals surface area (Å²) in [7, 11) is 0. The fourth-order valence-electron chi connectivity index (χ4n) is 1.90. The van der Waals surface area contributed by atoms with Crippen LogP contribution in [0.1, 0.15) is 6.42 Å². The smallest absolute Gasteiger partial charge is 0.260 e. The number of amides is 1. The van der Waals surface area contributed by atoms with E-state index in [-0.39, 0.29) is 17.3 Å². The maximum atomic E-state index is 13.1. The molecule has 120 valence electrons. The van der Waals surface area contributed by atoms with Gasteiger partial charge in [-0.05, 0) is 24.3 Å². The molecule has 1 unspecified atom stereocenters. The van der Waals surface area contributed by atoms with Gasteiger partial charge in [-0.15, -0.1) is 0 Å². The summed E-state index contributed by atoms with van der Waals surface area (Å²) < 4.78 is 56.6. The average molecular weight is 326 g/mol. The first-order valence-electron chi connectivity index (χ1n) is 6.63. The van der Waals surface area contributed by atoms with E-state index >= 15 is 0 Å². The summed E-state index contributed by atoms with van der Waals surface area (Å²) in [6, 6.07) is 5.80. The van der Waals surface area contributed by atoms with E-state index in [1.165, 1.54) is 24.4 Å². The third-order valence-electron chi connectivity index (χ3n) is 3.26. The van der Waals surface area contributed by atoms with Crippen LogP contribution in [0.3, 0.4) is 0 Å². The van der Waals surface area contributed by atoms with Crippen LogP contribution >= 0.6 is 0 Å². The molecule has 1 aliphatic carbocycles. The molecule has 0 bridgehead atoms. The summed E-state index contributed by atoms with van der Waals surface area (Å²) in [5, 5.41) is 2.27. The van der Waals surface area contributed by atoms with Crippen molar-refractivity contribution in [2.24, 2.45) is 5.92 Å². The van der Waals surface area contributed by atoms with Crippen molar-refractivity contribution in [1.29, 1.82) is 0 Å². The Labute approximate surface area is 128 Å². The SMILES string of the molecule is O=C(Nc1ccc(Oc2ccc(F)c(F)c2)cn1)C1CC1(F)F. The van der Waals surface area contributed by atoms with E-state index in [2.05, 4.69) is 10.3 Å². The number of anilines is 1. The standard InChI is InChI=1S/C15H10F4N2O2/c16-11-3-1-8(5-12(11)17)23-9-2-4-13(20-7-9)21-14(22)10-6-15(10,18)19/h1-5,7,10H,6H2,(H,20,21,22). The molecule has 1 aliphatic rings. The molecule has 4 nitrogen and oxygen atoms in total. The molecule has 1 amide bonds. The second kappa shape index (κ2) is 5.53. The van der Waals surface area contributed by atoms with Crippen LogP contribution in [-0.4, -0.2) is 16.8 Å². The van der Waals surface area contributed by atoms with Gasteiger partial charge < -0.3 is 10.1 Å². The summed E-state index contributed by atoms with van der Waals surface area (Å²) in [6.45, 7) is 0. The van der Waals surface area contributed by atoms with E-state index in [4.69, 9.17) is 4.74 Å². The number of hydrogen-bond donors (Lipinski definition) is 1. The van der Waals surface area contributed by atoms with Gasteiger partial charge in [-0.1, -0.05) is 0 Å². The van der Waals surface area contributed by atoms with Gasteiger partial charge in [0.05, 0.1) is 6.20 Å². The molecule has 23 heavy (non-hydrogen) atoms. The maximum Gasteiger partial charge on any atom is 0.260 e. The number of carbonyl (C=O) groups is 1. The van der Waals surface area contributed by atoms with Crippen LogP contribution in [0, 0.1) is 17.6 Å². The van der Waals surface area contributed by atoms with Gasteiger partial charge in [0.1, 0.15) is 23.2 Å². The number of carbonyl (C=O) groups excluding carboxylic acids is 1. The summed E-state index contributed by atoms with van der Waals surface area (Å²) >= 11 is 0. The minimum absolute atomic E-state index is 0.0695. The molecular weight excluding hydrogens is 316 g/mol. The van der Waals surface area contributed by atoms with E-state index in [9.17, 15) is 22.4 Å². The Morgan fingerprint density at radius 3 is 2.43 bits per heavy atom. The van der Waals surface area contributed by atoms with Gasteiger partial charge in [0.2, 0.25) is 5.91 Å². The lowest BCUT2D eigenvalue weighted by atomic mass is 10.3. The van der Waals surface area contributed by atoms with E-state index < -0.39 is 35.8 Å². The number of benzene rings is 1. The second-order valence-electron chi connectivity index (χ2n) is 5.06. The molecule has 1 atom stereocenters. The molecule has 8 heteroatoms. The van der Waals surface area contributed by atoms with Gasteiger partial charge in [0.15, 0.2) is 11.6 Å². The molecule has 0 radical (unpaired) electrons. The first-order valence-corrected chi connectivity index (χ1v) is 6.63. The van der Waals surface area contributed by atoms with Crippen molar-refractivity contribution in [1.82, 2.24) is 4.98 Å². The van der Waals surface area contributed by atoms with Gasteiger partial charge in [0.25, 0.3) is 5.92 Å². The summed E-state index contributed by atoms with van der Waals surface area (Å²) in [5.74, 6) is -6.73. The van der Waals surface area contributed by atoms with E-state index in [1.54, 1.807) is 0 Å². The van der Waals surface area contributed by atoms with Crippen LogP contribution in [0.15, 0.2) is 36.5 Å². The van der Waals surface area contributed by atoms with Crippen molar-refractivity contribution in [2.75, 3.05) is 5.32 Å². The summed E-state index contributed by atoms with van der Waals surface area (Å²) in [6.07, 6.45) is 0.762. The van der Waals surface area contributed by atoms with E-state index in [0.717, 1.165) is 12.1 Å². The summed E-state index contributed by atoms with van der Waals surface area (Å²) in [4.78, 5) is 15.3. The van der Waals surface area contributed by atoms with Crippen molar-refractivity contribution in [3.05, 3.63) is 48.2 Å². The predicted molar refractivity (Wildman–Crippen MR) is 72.4 cm³/mol. The molecule has 2 aromatic rings. The number of aromatic nitrogens is 1. The number of nitrogens with one attached hydrogen (secondary N) is 1. The monoisotopic (exact) mass is 326 g/mol. The number of rotatable bonds is 4. The fraction of sp³-hybridized carbons (Fsp3) is 0.200. The molecule has 0 spiro atoms. The third-order valence-corrected chi connectivity index (χ3v) is 3.26. The van der Waals surface area contributed by atoms with Crippen LogP contribution in [0.2, 0.25) is 0 Å². The largest absolute Gasteiger partial charge is 0.456 e. The minimum Gasteiger partial charge on any atom is -0.456 e. The van der Waals surface area contributed by atoms with Gasteiger partial charge in [0, 0.05) is 12.5 Å². The molecule has 1 fully saturated rings. The van der Waals surface area contributed by atoms with Gasteiger partial charge in [-0.25, -0.2) is 22.5 Å². The first-order chi connectivity index (χ1) is 10.8. The Morgan fingerprint density at radius 2 is 1.87 bits per heavy atom. The van der Waals surface area contributed by atoms with Crippen molar-refractivity contribution in [2.45, 2.75) is 12.3 Å². The Morgan fingerprint density at radius 1 is 1.17 bits per heavy atom. The third kappa shape index (κ3) is 3.41. The van der Waals surface area contributed by atoms with Gasteiger partial charge in [-0.2, -0.15) is 0 Å². The van der Waals surface area contributed by atoms with E-state index in [0.29, 0.717) is 0 Å². The van der Waals surface area contributed by atoms with Crippen molar-refractivity contribution >= 4 is 11.7 Å². The van der Waals surface area contributed by atoms with Crippen LogP contribution in [0.4, 0.5) is 23.4 Å². The van der Waals surface area contributed by atoms with E-state index in [1.807, 2.05) is 0 Å². The highest BCUT2D eigenvalue weighted by Crippen LogP contribution is 2.49. The topological polar surface area (TPSA) is 51.2 Å². The fourth-order valence-corrected chi connectivity index (χ4v) is 1.90. The minimum atomic E-state index is -2.94. The molecule has 1 N–H and O–H groups in total. The predicted octanol–water partition coefficient (Wildman–Crippen LogP) is 3.75. The summed E-state index contributed by atoms with van der Waals surface area (Å²) in [5.41, 5.74) is 0. The normalized spacial score (nSPS) is 18.3. The van der Waals surface area contributed by atoms with Gasteiger partial charge >= 0.3 is 0 Å². The Hall–Kier alpha value is -2.64. The zero-order valence-corrected chi connectivity index (χ0v) is 11.5. The number of halogens is 4. The van der Waals surface area contributed by atoms with Gasteiger partial charge in [-0.3, -0.25) is 4.79 Å². The lowest BCUT2D eigenvalue weighted by Crippen LogP contribution is -2.18. The lowest BCUT2D eigenvalue weighted by Gasteiger charge is -2.07. The number of ether oxygens (including phenoxy) is 1. The lowest BCUT2D eigenvalue weighted by molar-refractivity contribution is -0.119. The quantitative estimate of drug-likeness (QED) is 0.871. The highest BCUT2D eigenvalue weighted by Gasteiger charge is 2.61. The molecule has 0 saturated heterocycles. The zero-order valence-electron chi connectivity index (χ0n) is 11.5. The van der Waals surface area contributed by atoms with Crippen LogP contribution < -0.4 is 10.1 Å². The average Bonchev–Trinajstić information content (AvgIpc) is 3.14.